The van der Waals surface area contributed by atoms with E-state index in [0.717, 1.165) is 37.1 Å². The minimum absolute atomic E-state index is 0.725. The van der Waals surface area contributed by atoms with Crippen molar-refractivity contribution in [3.8, 4) is 10.6 Å². The largest absolute Gasteiger partial charge is 0.397 e. The van der Waals surface area contributed by atoms with Crippen LogP contribution in [-0.4, -0.2) is 4.98 Å². The van der Waals surface area contributed by atoms with Gasteiger partial charge in [-0.1, -0.05) is 28.9 Å². The van der Waals surface area contributed by atoms with Gasteiger partial charge in [0, 0.05) is 14.5 Å². The normalized spacial score (nSPS) is 11.2. The molecule has 2 nitrogen and oxygen atoms in total. The van der Waals surface area contributed by atoms with Crippen molar-refractivity contribution < 1.29 is 0 Å². The number of aryl methyl sites for hydroxylation is 1. The molecule has 0 radical (unpaired) electrons. The van der Waals surface area contributed by atoms with Crippen LogP contribution in [0.15, 0.2) is 39.3 Å². The number of aromatic nitrogens is 1. The van der Waals surface area contributed by atoms with E-state index in [4.69, 9.17) is 10.7 Å². The molecule has 1 heterocycles. The second-order valence-corrected chi connectivity index (χ2v) is 7.32. The lowest BCUT2D eigenvalue weighted by Gasteiger charge is -2.05. The van der Waals surface area contributed by atoms with E-state index < -0.39 is 0 Å². The zero-order valence-corrected chi connectivity index (χ0v) is 14.8. The predicted octanol–water partition coefficient (Wildman–Crippen LogP) is 5.63. The van der Waals surface area contributed by atoms with Crippen molar-refractivity contribution in [2.75, 3.05) is 5.73 Å². The van der Waals surface area contributed by atoms with Crippen molar-refractivity contribution in [2.45, 2.75) is 13.3 Å². The molecule has 0 aliphatic carbocycles. The average Bonchev–Trinajstić information content (AvgIpc) is 2.85. The highest BCUT2D eigenvalue weighted by molar-refractivity contribution is 9.11. The van der Waals surface area contributed by atoms with E-state index >= 15 is 0 Å². The maximum absolute atomic E-state index is 6.16. The smallest absolute Gasteiger partial charge is 0.126 e. The minimum Gasteiger partial charge on any atom is -0.397 e. The van der Waals surface area contributed by atoms with Crippen LogP contribution in [0.3, 0.4) is 0 Å². The highest BCUT2D eigenvalue weighted by Gasteiger charge is 2.12. The van der Waals surface area contributed by atoms with Gasteiger partial charge in [0.2, 0.25) is 0 Å². The van der Waals surface area contributed by atoms with Crippen molar-refractivity contribution in [1.82, 2.24) is 4.98 Å². The van der Waals surface area contributed by atoms with E-state index in [1.54, 1.807) is 11.3 Å². The first-order valence-corrected chi connectivity index (χ1v) is 8.63. The Kier molecular flexibility index (Phi) is 3.84. The van der Waals surface area contributed by atoms with Crippen LogP contribution in [0.2, 0.25) is 0 Å². The maximum Gasteiger partial charge on any atom is 0.126 e. The molecule has 2 N–H and O–H groups in total. The summed E-state index contributed by atoms with van der Waals surface area (Å²) >= 11 is 8.66. The topological polar surface area (TPSA) is 38.9 Å². The van der Waals surface area contributed by atoms with Gasteiger partial charge in [-0.3, -0.25) is 0 Å². The fraction of sp³-hybridized carbons (Fsp3) is 0.133. The Labute approximate surface area is 138 Å². The number of nitrogens with zero attached hydrogens (tertiary/aromatic N) is 1. The van der Waals surface area contributed by atoms with Crippen molar-refractivity contribution in [1.29, 1.82) is 0 Å². The molecular formula is C15H12Br2N2S. The molecule has 20 heavy (non-hydrogen) atoms. The van der Waals surface area contributed by atoms with Crippen LogP contribution in [0.25, 0.3) is 20.8 Å². The van der Waals surface area contributed by atoms with Gasteiger partial charge in [-0.2, -0.15) is 0 Å². The van der Waals surface area contributed by atoms with Crippen LogP contribution in [0.1, 0.15) is 12.5 Å². The first-order chi connectivity index (χ1) is 9.58. The maximum atomic E-state index is 6.16. The van der Waals surface area contributed by atoms with Crippen LogP contribution in [0.5, 0.6) is 0 Å². The molecule has 0 fully saturated rings. The third-order valence-electron chi connectivity index (χ3n) is 3.19. The molecule has 2 aromatic carbocycles. The fourth-order valence-electron chi connectivity index (χ4n) is 2.07. The highest BCUT2D eigenvalue weighted by atomic mass is 79.9. The number of benzene rings is 2. The van der Waals surface area contributed by atoms with Crippen molar-refractivity contribution in [3.63, 3.8) is 0 Å². The number of nitrogen functional groups attached to an aromatic ring is 1. The minimum atomic E-state index is 0.725. The SMILES string of the molecule is CCc1ccc2nc(-c3cc(Br)cc(Br)c3N)sc2c1. The molecule has 5 heteroatoms. The third-order valence-corrected chi connectivity index (χ3v) is 5.35. The number of hydrogen-bond donors (Lipinski definition) is 1. The Morgan fingerprint density at radius 2 is 2.00 bits per heavy atom. The van der Waals surface area contributed by atoms with E-state index in [1.165, 1.54) is 10.3 Å². The van der Waals surface area contributed by atoms with Gasteiger partial charge in [0.25, 0.3) is 0 Å². The van der Waals surface area contributed by atoms with Crippen LogP contribution in [0.4, 0.5) is 5.69 Å². The van der Waals surface area contributed by atoms with Gasteiger partial charge >= 0.3 is 0 Å². The summed E-state index contributed by atoms with van der Waals surface area (Å²) in [4.78, 5) is 4.70. The molecule has 3 aromatic rings. The molecule has 0 spiro atoms. The van der Waals surface area contributed by atoms with Gasteiger partial charge in [-0.05, 0) is 52.2 Å². The van der Waals surface area contributed by atoms with Crippen LogP contribution < -0.4 is 5.73 Å². The molecule has 0 aliphatic rings. The summed E-state index contributed by atoms with van der Waals surface area (Å²) in [6.07, 6.45) is 1.04. The summed E-state index contributed by atoms with van der Waals surface area (Å²) in [5.74, 6) is 0. The van der Waals surface area contributed by atoms with Crippen LogP contribution >= 0.6 is 43.2 Å². The lowest BCUT2D eigenvalue weighted by molar-refractivity contribution is 1.15. The summed E-state index contributed by atoms with van der Waals surface area (Å²) in [6, 6.07) is 10.4. The van der Waals surface area contributed by atoms with E-state index in [-0.39, 0.29) is 0 Å². The fourth-order valence-corrected chi connectivity index (χ4v) is 4.35. The molecule has 1 aromatic heterocycles. The Bertz CT molecular complexity index is 796. The van der Waals surface area contributed by atoms with E-state index in [2.05, 4.69) is 57.0 Å². The number of halogens is 2. The second kappa shape index (κ2) is 5.47. The average molecular weight is 412 g/mol. The monoisotopic (exact) mass is 410 g/mol. The summed E-state index contributed by atoms with van der Waals surface area (Å²) in [5, 5.41) is 0.952. The summed E-state index contributed by atoms with van der Waals surface area (Å²) in [6.45, 7) is 2.16. The molecule has 0 unspecified atom stereocenters. The van der Waals surface area contributed by atoms with Gasteiger partial charge in [-0.15, -0.1) is 11.3 Å². The molecule has 0 amide bonds. The molecule has 0 saturated carbocycles. The highest BCUT2D eigenvalue weighted by Crippen LogP contribution is 2.38. The summed E-state index contributed by atoms with van der Waals surface area (Å²) in [7, 11) is 0. The zero-order valence-electron chi connectivity index (χ0n) is 10.8. The molecule has 102 valence electrons. The van der Waals surface area contributed by atoms with Gasteiger partial charge in [0.15, 0.2) is 0 Å². The van der Waals surface area contributed by atoms with Crippen LogP contribution in [0, 0.1) is 0 Å². The third kappa shape index (κ3) is 2.50. The number of rotatable bonds is 2. The second-order valence-electron chi connectivity index (χ2n) is 4.52. The molecule has 0 atom stereocenters. The first kappa shape index (κ1) is 14.0. The number of thiazole rings is 1. The summed E-state index contributed by atoms with van der Waals surface area (Å²) in [5.41, 5.74) is 10.2. The number of fused-ring (bicyclic) bond motifs is 1. The Hall–Kier alpha value is -0.910. The summed E-state index contributed by atoms with van der Waals surface area (Å²) < 4.78 is 3.08. The Morgan fingerprint density at radius 3 is 2.75 bits per heavy atom. The molecular weight excluding hydrogens is 400 g/mol. The predicted molar refractivity (Wildman–Crippen MR) is 94.2 cm³/mol. The standard InChI is InChI=1S/C15H12Br2N2S/c1-2-8-3-4-12-13(5-8)20-15(19-12)10-6-9(16)7-11(17)14(10)18/h3-7H,2,18H2,1H3. The molecule has 0 bridgehead atoms. The molecule has 0 saturated heterocycles. The van der Waals surface area contributed by atoms with Crippen molar-refractivity contribution >= 4 is 59.1 Å². The van der Waals surface area contributed by atoms with Crippen molar-refractivity contribution in [2.24, 2.45) is 0 Å². The van der Waals surface area contributed by atoms with E-state index in [0.29, 0.717) is 0 Å². The molecule has 3 rings (SSSR count). The van der Waals surface area contributed by atoms with Gasteiger partial charge < -0.3 is 5.73 Å². The number of hydrogen-bond acceptors (Lipinski definition) is 3. The number of nitrogens with two attached hydrogens (primary N) is 1. The Balaban J connectivity index is 2.20. The van der Waals surface area contributed by atoms with Gasteiger partial charge in [0.05, 0.1) is 15.9 Å². The number of anilines is 1. The zero-order chi connectivity index (χ0) is 14.3. The van der Waals surface area contributed by atoms with E-state index in [1.807, 2.05) is 12.1 Å². The van der Waals surface area contributed by atoms with Crippen molar-refractivity contribution in [3.05, 3.63) is 44.8 Å². The van der Waals surface area contributed by atoms with Crippen LogP contribution in [-0.2, 0) is 6.42 Å². The first-order valence-electron chi connectivity index (χ1n) is 6.23. The van der Waals surface area contributed by atoms with Gasteiger partial charge in [-0.25, -0.2) is 4.98 Å². The molecule has 0 aliphatic heterocycles. The Morgan fingerprint density at radius 1 is 1.20 bits per heavy atom. The lowest BCUT2D eigenvalue weighted by Crippen LogP contribution is -1.91. The van der Waals surface area contributed by atoms with Gasteiger partial charge in [0.1, 0.15) is 5.01 Å². The lowest BCUT2D eigenvalue weighted by atomic mass is 10.1. The van der Waals surface area contributed by atoms with E-state index in [9.17, 15) is 0 Å². The quantitative estimate of drug-likeness (QED) is 0.554.